The van der Waals surface area contributed by atoms with E-state index in [0.29, 0.717) is 5.88 Å². The Morgan fingerprint density at radius 1 is 1.27 bits per heavy atom. The summed E-state index contributed by atoms with van der Waals surface area (Å²) in [6, 6.07) is 0. The van der Waals surface area contributed by atoms with Crippen LogP contribution in [-0.4, -0.2) is 28.9 Å². The summed E-state index contributed by atoms with van der Waals surface area (Å²) in [5, 5.41) is 0. The second kappa shape index (κ2) is 5.91. The molecule has 0 radical (unpaired) electrons. The van der Waals surface area contributed by atoms with E-state index in [9.17, 15) is 0 Å². The number of anilines is 1. The van der Waals surface area contributed by atoms with E-state index in [1.807, 2.05) is 20.0 Å². The molecule has 0 aliphatic rings. The van der Waals surface area contributed by atoms with Crippen molar-refractivity contribution in [3.05, 3.63) is 17.6 Å². The summed E-state index contributed by atoms with van der Waals surface area (Å²) in [4.78, 5) is 11.0. The maximum absolute atomic E-state index is 5.76. The molecule has 0 bridgehead atoms. The molecule has 3 nitrogen and oxygen atoms in total. The summed E-state index contributed by atoms with van der Waals surface area (Å²) in [5.74, 6) is 1.55. The van der Waals surface area contributed by atoms with Gasteiger partial charge in [0.2, 0.25) is 0 Å². The van der Waals surface area contributed by atoms with Crippen LogP contribution in [0.4, 0.5) is 5.82 Å². The van der Waals surface area contributed by atoms with Gasteiger partial charge in [0.1, 0.15) is 5.82 Å². The van der Waals surface area contributed by atoms with Crippen LogP contribution in [0.3, 0.4) is 0 Å². The molecule has 0 amide bonds. The van der Waals surface area contributed by atoms with E-state index in [1.54, 1.807) is 0 Å². The molecule has 0 atom stereocenters. The lowest BCUT2D eigenvalue weighted by molar-refractivity contribution is 0.773. The van der Waals surface area contributed by atoms with Gasteiger partial charge in [0.05, 0.1) is 17.6 Å². The van der Waals surface area contributed by atoms with Crippen molar-refractivity contribution < 1.29 is 0 Å². The molecule has 0 fully saturated rings. The van der Waals surface area contributed by atoms with Crippen LogP contribution >= 0.6 is 11.6 Å². The van der Waals surface area contributed by atoms with E-state index in [1.165, 1.54) is 0 Å². The highest BCUT2D eigenvalue weighted by Gasteiger charge is 2.07. The number of hydrogen-bond donors (Lipinski definition) is 0. The molecule has 0 spiro atoms. The van der Waals surface area contributed by atoms with Crippen molar-refractivity contribution in [1.82, 2.24) is 9.97 Å². The molecule has 0 aromatic carbocycles. The van der Waals surface area contributed by atoms with E-state index < -0.39 is 0 Å². The lowest BCUT2D eigenvalue weighted by atomic mass is 10.3. The lowest BCUT2D eigenvalue weighted by Gasteiger charge is -2.22. The molecule has 15 heavy (non-hydrogen) atoms. The number of alkyl halides is 1. The molecule has 1 aromatic rings. The minimum Gasteiger partial charge on any atom is -0.354 e. The first-order valence-corrected chi connectivity index (χ1v) is 5.83. The summed E-state index contributed by atoms with van der Waals surface area (Å²) in [6.07, 6.45) is 2.91. The molecule has 4 heteroatoms. The molecule has 0 saturated carbocycles. The molecular formula is C11H18ClN3. The zero-order valence-corrected chi connectivity index (χ0v) is 10.4. The normalized spacial score (nSPS) is 10.4. The van der Waals surface area contributed by atoms with Crippen LogP contribution in [-0.2, 0) is 0 Å². The van der Waals surface area contributed by atoms with E-state index in [2.05, 4.69) is 21.8 Å². The maximum Gasteiger partial charge on any atom is 0.147 e. The Balaban J connectivity index is 2.85. The van der Waals surface area contributed by atoms with Gasteiger partial charge in [-0.3, -0.25) is 4.98 Å². The molecule has 1 heterocycles. The fraction of sp³-hybridized carbons (Fsp3) is 0.636. The highest BCUT2D eigenvalue weighted by Crippen LogP contribution is 2.12. The zero-order valence-electron chi connectivity index (χ0n) is 9.63. The van der Waals surface area contributed by atoms with Crippen LogP contribution in [0, 0.1) is 13.8 Å². The minimum atomic E-state index is 0.620. The van der Waals surface area contributed by atoms with Crippen molar-refractivity contribution in [2.24, 2.45) is 0 Å². The first-order valence-electron chi connectivity index (χ1n) is 5.30. The van der Waals surface area contributed by atoms with Gasteiger partial charge in [-0.2, -0.15) is 0 Å². The van der Waals surface area contributed by atoms with Crippen LogP contribution in [0.5, 0.6) is 0 Å². The molecule has 0 aliphatic heterocycles. The summed E-state index contributed by atoms with van der Waals surface area (Å²) in [6.45, 7) is 7.90. The third-order valence-corrected chi connectivity index (χ3v) is 2.52. The third kappa shape index (κ3) is 3.34. The third-order valence-electron chi connectivity index (χ3n) is 2.35. The smallest absolute Gasteiger partial charge is 0.147 e. The van der Waals surface area contributed by atoms with Crippen LogP contribution in [0.25, 0.3) is 0 Å². The average Bonchev–Trinajstić information content (AvgIpc) is 2.22. The summed E-state index contributed by atoms with van der Waals surface area (Å²) in [7, 11) is 0. The van der Waals surface area contributed by atoms with Gasteiger partial charge in [0.15, 0.2) is 0 Å². The molecule has 84 valence electrons. The van der Waals surface area contributed by atoms with E-state index in [4.69, 9.17) is 11.6 Å². The summed E-state index contributed by atoms with van der Waals surface area (Å²) in [5.41, 5.74) is 1.98. The van der Waals surface area contributed by atoms with Gasteiger partial charge in [-0.25, -0.2) is 4.98 Å². The van der Waals surface area contributed by atoms with Gasteiger partial charge in [0.25, 0.3) is 0 Å². The van der Waals surface area contributed by atoms with Crippen molar-refractivity contribution in [3.8, 4) is 0 Å². The van der Waals surface area contributed by atoms with Crippen molar-refractivity contribution in [2.75, 3.05) is 23.9 Å². The molecule has 0 saturated heterocycles. The second-order valence-electron chi connectivity index (χ2n) is 3.58. The lowest BCUT2D eigenvalue weighted by Crippen LogP contribution is -2.27. The van der Waals surface area contributed by atoms with Gasteiger partial charge in [0, 0.05) is 19.0 Å². The summed E-state index contributed by atoms with van der Waals surface area (Å²) < 4.78 is 0. The minimum absolute atomic E-state index is 0.620. The van der Waals surface area contributed by atoms with Crippen LogP contribution in [0.2, 0.25) is 0 Å². The fourth-order valence-corrected chi connectivity index (χ4v) is 1.60. The Kier molecular flexibility index (Phi) is 4.82. The van der Waals surface area contributed by atoms with Gasteiger partial charge < -0.3 is 4.90 Å². The number of hydrogen-bond acceptors (Lipinski definition) is 3. The molecule has 1 rings (SSSR count). The number of aromatic nitrogens is 2. The molecule has 1 aromatic heterocycles. The molecule has 0 N–H and O–H groups in total. The first kappa shape index (κ1) is 12.2. The van der Waals surface area contributed by atoms with E-state index in [0.717, 1.165) is 36.7 Å². The van der Waals surface area contributed by atoms with Crippen LogP contribution in [0.1, 0.15) is 24.7 Å². The maximum atomic E-state index is 5.76. The fourth-order valence-electron chi connectivity index (χ4n) is 1.39. The monoisotopic (exact) mass is 227 g/mol. The Labute approximate surface area is 96.5 Å². The van der Waals surface area contributed by atoms with Gasteiger partial charge in [-0.05, 0) is 20.3 Å². The Morgan fingerprint density at radius 2 is 2.00 bits per heavy atom. The van der Waals surface area contributed by atoms with Crippen LogP contribution in [0.15, 0.2) is 6.20 Å². The predicted octanol–water partition coefficient (Wildman–Crippen LogP) is 2.55. The Bertz CT molecular complexity index is 309. The van der Waals surface area contributed by atoms with Gasteiger partial charge >= 0.3 is 0 Å². The Morgan fingerprint density at radius 3 is 2.53 bits per heavy atom. The predicted molar refractivity (Wildman–Crippen MR) is 64.7 cm³/mol. The highest BCUT2D eigenvalue weighted by atomic mass is 35.5. The molecular weight excluding hydrogens is 210 g/mol. The van der Waals surface area contributed by atoms with Crippen molar-refractivity contribution in [2.45, 2.75) is 27.2 Å². The molecule has 0 unspecified atom stereocenters. The first-order chi connectivity index (χ1) is 7.19. The highest BCUT2D eigenvalue weighted by molar-refractivity contribution is 6.18. The Hall–Kier alpha value is -0.830. The van der Waals surface area contributed by atoms with Gasteiger partial charge in [-0.15, -0.1) is 11.6 Å². The van der Waals surface area contributed by atoms with E-state index >= 15 is 0 Å². The van der Waals surface area contributed by atoms with Crippen molar-refractivity contribution >= 4 is 17.4 Å². The topological polar surface area (TPSA) is 29.0 Å². The molecule has 0 aliphatic carbocycles. The van der Waals surface area contributed by atoms with Crippen molar-refractivity contribution in [3.63, 3.8) is 0 Å². The largest absolute Gasteiger partial charge is 0.354 e. The standard InChI is InChI=1S/C11H18ClN3/c1-4-6-15(7-5-12)11-8-13-9(2)10(3)14-11/h8H,4-7H2,1-3H3. The quantitative estimate of drug-likeness (QED) is 0.724. The SMILES string of the molecule is CCCN(CCCl)c1cnc(C)c(C)n1. The van der Waals surface area contributed by atoms with Crippen molar-refractivity contribution in [1.29, 1.82) is 0 Å². The van der Waals surface area contributed by atoms with Gasteiger partial charge in [-0.1, -0.05) is 6.92 Å². The van der Waals surface area contributed by atoms with Crippen LogP contribution < -0.4 is 4.90 Å². The average molecular weight is 228 g/mol. The summed E-state index contributed by atoms with van der Waals surface area (Å²) >= 11 is 5.76. The number of aryl methyl sites for hydroxylation is 2. The number of halogens is 1. The second-order valence-corrected chi connectivity index (χ2v) is 3.95. The number of nitrogens with zero attached hydrogens (tertiary/aromatic N) is 3. The zero-order chi connectivity index (χ0) is 11.3. The van der Waals surface area contributed by atoms with E-state index in [-0.39, 0.29) is 0 Å². The number of rotatable bonds is 5.